The molecule has 1 aromatic heterocycles. The third-order valence-corrected chi connectivity index (χ3v) is 6.53. The topological polar surface area (TPSA) is 102 Å². The molecule has 0 fully saturated rings. The molecule has 0 aliphatic heterocycles. The van der Waals surface area contributed by atoms with Gasteiger partial charge in [0.05, 0.1) is 17.1 Å². The summed E-state index contributed by atoms with van der Waals surface area (Å²) in [7, 11) is -3.27. The molecule has 0 atom stereocenters. The summed E-state index contributed by atoms with van der Waals surface area (Å²) in [6, 6.07) is 13.9. The van der Waals surface area contributed by atoms with Gasteiger partial charge in [0.2, 0.25) is 11.8 Å². The number of rotatable bonds is 7. The van der Waals surface area contributed by atoms with Crippen molar-refractivity contribution in [2.24, 2.45) is 0 Å². The monoisotopic (exact) mass is 417 g/mol. The van der Waals surface area contributed by atoms with E-state index < -0.39 is 9.84 Å². The first-order valence-corrected chi connectivity index (χ1v) is 11.4. The van der Waals surface area contributed by atoms with Crippen molar-refractivity contribution in [3.8, 4) is 11.5 Å². The Morgan fingerprint density at radius 1 is 1.07 bits per heavy atom. The van der Waals surface area contributed by atoms with E-state index in [-0.39, 0.29) is 34.9 Å². The number of nitrogens with one attached hydrogen (secondary N) is 1. The molecular formula is C19H19N3O4S2. The molecular weight excluding hydrogens is 398 g/mol. The summed E-state index contributed by atoms with van der Waals surface area (Å²) in [6.07, 6.45) is 2.18. The van der Waals surface area contributed by atoms with Crippen LogP contribution in [0.5, 0.6) is 0 Å². The van der Waals surface area contributed by atoms with E-state index in [4.69, 9.17) is 4.42 Å². The van der Waals surface area contributed by atoms with Crippen LogP contribution in [0.25, 0.3) is 11.5 Å². The number of hydrogen-bond acceptors (Lipinski definition) is 7. The number of benzene rings is 2. The Kier molecular flexibility index (Phi) is 6.15. The Morgan fingerprint density at radius 3 is 2.36 bits per heavy atom. The van der Waals surface area contributed by atoms with E-state index in [1.54, 1.807) is 30.8 Å². The number of amides is 1. The molecule has 0 spiro atoms. The fraction of sp³-hybridized carbons (Fsp3) is 0.211. The van der Waals surface area contributed by atoms with Crippen molar-refractivity contribution in [1.82, 2.24) is 10.2 Å². The number of sulfone groups is 1. The van der Waals surface area contributed by atoms with Gasteiger partial charge < -0.3 is 4.42 Å². The summed E-state index contributed by atoms with van der Waals surface area (Å²) < 4.78 is 29.2. The van der Waals surface area contributed by atoms with Gasteiger partial charge in [-0.1, -0.05) is 24.2 Å². The number of carbonyl (C=O) groups is 1. The lowest BCUT2D eigenvalue weighted by molar-refractivity contribution is -0.115. The third kappa shape index (κ3) is 4.79. The van der Waals surface area contributed by atoms with Crippen molar-refractivity contribution in [2.45, 2.75) is 23.1 Å². The van der Waals surface area contributed by atoms with Gasteiger partial charge in [0.25, 0.3) is 0 Å². The van der Waals surface area contributed by atoms with Gasteiger partial charge in [-0.25, -0.2) is 8.42 Å². The zero-order valence-corrected chi connectivity index (χ0v) is 17.0. The number of thioether (sulfide) groups is 1. The minimum absolute atomic E-state index is 0.00834. The van der Waals surface area contributed by atoms with E-state index in [2.05, 4.69) is 15.5 Å². The highest BCUT2D eigenvalue weighted by molar-refractivity contribution is 7.98. The molecule has 0 unspecified atom stereocenters. The molecule has 1 amide bonds. The van der Waals surface area contributed by atoms with E-state index in [1.165, 1.54) is 12.1 Å². The fourth-order valence-corrected chi connectivity index (χ4v) is 3.75. The van der Waals surface area contributed by atoms with Crippen molar-refractivity contribution in [1.29, 1.82) is 0 Å². The van der Waals surface area contributed by atoms with Crippen LogP contribution >= 0.6 is 11.8 Å². The van der Waals surface area contributed by atoms with Crippen LogP contribution in [0.2, 0.25) is 0 Å². The van der Waals surface area contributed by atoms with Crippen molar-refractivity contribution in [3.05, 3.63) is 54.1 Å². The molecule has 7 nitrogen and oxygen atoms in total. The summed E-state index contributed by atoms with van der Waals surface area (Å²) in [4.78, 5) is 13.5. The van der Waals surface area contributed by atoms with E-state index in [0.29, 0.717) is 5.56 Å². The summed E-state index contributed by atoms with van der Waals surface area (Å²) in [5.74, 6) is -0.0418. The molecule has 146 valence electrons. The number of hydrogen-bond donors (Lipinski definition) is 1. The van der Waals surface area contributed by atoms with Crippen LogP contribution in [0.3, 0.4) is 0 Å². The fourth-order valence-electron chi connectivity index (χ4n) is 2.45. The van der Waals surface area contributed by atoms with Crippen LogP contribution in [0, 0.1) is 0 Å². The van der Waals surface area contributed by atoms with Gasteiger partial charge in [-0.2, -0.15) is 0 Å². The van der Waals surface area contributed by atoms with Crippen molar-refractivity contribution in [3.63, 3.8) is 0 Å². The van der Waals surface area contributed by atoms with Crippen molar-refractivity contribution in [2.75, 3.05) is 17.3 Å². The van der Waals surface area contributed by atoms with Crippen LogP contribution in [0.1, 0.15) is 12.5 Å². The van der Waals surface area contributed by atoms with Crippen LogP contribution in [0.4, 0.5) is 6.01 Å². The number of nitrogens with zero attached hydrogens (tertiary/aromatic N) is 2. The molecule has 0 radical (unpaired) electrons. The normalized spacial score (nSPS) is 11.4. The Labute approximate surface area is 167 Å². The molecule has 0 bridgehead atoms. The lowest BCUT2D eigenvalue weighted by Gasteiger charge is -2.03. The zero-order chi connectivity index (χ0) is 20.1. The van der Waals surface area contributed by atoms with Gasteiger partial charge in [0, 0.05) is 10.5 Å². The maximum Gasteiger partial charge on any atom is 0.322 e. The van der Waals surface area contributed by atoms with Crippen LogP contribution in [-0.2, 0) is 21.1 Å². The smallest absolute Gasteiger partial charge is 0.322 e. The van der Waals surface area contributed by atoms with Crippen molar-refractivity contribution < 1.29 is 17.6 Å². The second-order valence-electron chi connectivity index (χ2n) is 5.91. The highest BCUT2D eigenvalue weighted by Crippen LogP contribution is 2.22. The van der Waals surface area contributed by atoms with Gasteiger partial charge in [0.1, 0.15) is 0 Å². The molecule has 9 heteroatoms. The average molecular weight is 418 g/mol. The molecule has 3 aromatic rings. The standard InChI is InChI=1S/C19H19N3O4S2/c1-3-28(24,25)16-10-6-14(7-11-16)18-21-22-19(26-18)20-17(23)12-13-4-8-15(27-2)9-5-13/h4-11H,3,12H2,1-2H3,(H,20,22,23). The number of carbonyl (C=O) groups excluding carboxylic acids is 1. The lowest BCUT2D eigenvalue weighted by Crippen LogP contribution is -2.14. The maximum atomic E-state index is 12.2. The van der Waals surface area contributed by atoms with Crippen LogP contribution in [0.15, 0.2) is 62.7 Å². The second-order valence-corrected chi connectivity index (χ2v) is 9.07. The first-order valence-electron chi connectivity index (χ1n) is 8.51. The maximum absolute atomic E-state index is 12.2. The quantitative estimate of drug-likeness (QED) is 0.588. The van der Waals surface area contributed by atoms with Gasteiger partial charge in [-0.05, 0) is 48.2 Å². The number of aromatic nitrogens is 2. The minimum atomic E-state index is -3.27. The minimum Gasteiger partial charge on any atom is -0.403 e. The third-order valence-electron chi connectivity index (χ3n) is 4.04. The predicted molar refractivity (Wildman–Crippen MR) is 108 cm³/mol. The first kappa shape index (κ1) is 20.1. The first-order chi connectivity index (χ1) is 13.4. The molecule has 1 heterocycles. The Bertz CT molecular complexity index is 1060. The summed E-state index contributed by atoms with van der Waals surface area (Å²) in [6.45, 7) is 1.59. The highest BCUT2D eigenvalue weighted by atomic mass is 32.2. The Hall–Kier alpha value is -2.65. The largest absolute Gasteiger partial charge is 0.403 e. The molecule has 0 aliphatic rings. The Morgan fingerprint density at radius 2 is 1.75 bits per heavy atom. The van der Waals surface area contributed by atoms with Gasteiger partial charge in [-0.3, -0.25) is 10.1 Å². The highest BCUT2D eigenvalue weighted by Gasteiger charge is 2.14. The summed E-state index contributed by atoms with van der Waals surface area (Å²) >= 11 is 1.64. The van der Waals surface area contributed by atoms with Crippen LogP contribution < -0.4 is 5.32 Å². The predicted octanol–water partition coefficient (Wildman–Crippen LogP) is 3.43. The zero-order valence-electron chi connectivity index (χ0n) is 15.4. The van der Waals surface area contributed by atoms with E-state index in [9.17, 15) is 13.2 Å². The van der Waals surface area contributed by atoms with E-state index in [0.717, 1.165) is 10.5 Å². The molecule has 0 aliphatic carbocycles. The molecule has 28 heavy (non-hydrogen) atoms. The Balaban J connectivity index is 1.65. The average Bonchev–Trinajstić information content (AvgIpc) is 3.17. The molecule has 2 aromatic carbocycles. The molecule has 3 rings (SSSR count). The molecule has 1 N–H and O–H groups in total. The molecule has 0 saturated heterocycles. The van der Waals surface area contributed by atoms with E-state index in [1.807, 2.05) is 30.5 Å². The van der Waals surface area contributed by atoms with Gasteiger partial charge in [0.15, 0.2) is 9.84 Å². The van der Waals surface area contributed by atoms with Gasteiger partial charge in [-0.15, -0.1) is 16.9 Å². The molecule has 0 saturated carbocycles. The second kappa shape index (κ2) is 8.57. The number of anilines is 1. The summed E-state index contributed by atoms with van der Waals surface area (Å²) in [5.41, 5.74) is 1.44. The van der Waals surface area contributed by atoms with E-state index >= 15 is 0 Å². The van der Waals surface area contributed by atoms with Crippen molar-refractivity contribution >= 4 is 33.5 Å². The summed E-state index contributed by atoms with van der Waals surface area (Å²) in [5, 5.41) is 10.3. The SMILES string of the molecule is CCS(=O)(=O)c1ccc(-c2nnc(NC(=O)Cc3ccc(SC)cc3)o2)cc1. The lowest BCUT2D eigenvalue weighted by atomic mass is 10.1. The van der Waals surface area contributed by atoms with Gasteiger partial charge >= 0.3 is 6.01 Å². The van der Waals surface area contributed by atoms with Crippen LogP contribution in [-0.4, -0.2) is 36.5 Å².